The summed E-state index contributed by atoms with van der Waals surface area (Å²) in [6.45, 7) is 4.31. The highest BCUT2D eigenvalue weighted by molar-refractivity contribution is 5.32. The molecule has 0 aliphatic heterocycles. The van der Waals surface area contributed by atoms with Crippen LogP contribution in [0.15, 0.2) is 40.8 Å². The Kier molecular flexibility index (Phi) is 5.50. The molecule has 0 aliphatic carbocycles. The Balaban J connectivity index is 1.84. The van der Waals surface area contributed by atoms with E-state index in [0.717, 1.165) is 42.5 Å². The van der Waals surface area contributed by atoms with Gasteiger partial charge < -0.3 is 19.2 Å². The summed E-state index contributed by atoms with van der Waals surface area (Å²) in [7, 11) is 1.64. The maximum atomic E-state index is 5.69. The second-order valence-corrected chi connectivity index (χ2v) is 4.51. The van der Waals surface area contributed by atoms with Crippen LogP contribution in [0.2, 0.25) is 0 Å². The molecule has 0 saturated heterocycles. The quantitative estimate of drug-likeness (QED) is 0.750. The average Bonchev–Trinajstić information content (AvgIpc) is 2.94. The van der Waals surface area contributed by atoms with Crippen LogP contribution >= 0.6 is 0 Å². The highest BCUT2D eigenvalue weighted by Gasteiger charge is 2.03. The van der Waals surface area contributed by atoms with Crippen molar-refractivity contribution >= 4 is 0 Å². The first kappa shape index (κ1) is 14.5. The van der Waals surface area contributed by atoms with E-state index in [1.54, 1.807) is 7.11 Å². The van der Waals surface area contributed by atoms with Gasteiger partial charge in [0.25, 0.3) is 0 Å². The number of benzene rings is 1. The number of hydrogen-bond acceptors (Lipinski definition) is 4. The van der Waals surface area contributed by atoms with Crippen LogP contribution in [-0.2, 0) is 13.2 Å². The summed E-state index contributed by atoms with van der Waals surface area (Å²) in [6.07, 6.45) is 1.12. The lowest BCUT2D eigenvalue weighted by molar-refractivity contribution is 0.263. The van der Waals surface area contributed by atoms with Crippen molar-refractivity contribution in [3.05, 3.63) is 47.9 Å². The van der Waals surface area contributed by atoms with Gasteiger partial charge in [-0.2, -0.15) is 0 Å². The van der Waals surface area contributed by atoms with Gasteiger partial charge in [-0.25, -0.2) is 0 Å². The van der Waals surface area contributed by atoms with Crippen molar-refractivity contribution in [1.29, 1.82) is 0 Å². The van der Waals surface area contributed by atoms with Gasteiger partial charge in [0.1, 0.15) is 29.6 Å². The molecule has 108 valence electrons. The summed E-state index contributed by atoms with van der Waals surface area (Å²) in [5, 5.41) is 3.30. The third kappa shape index (κ3) is 4.31. The van der Waals surface area contributed by atoms with E-state index in [9.17, 15) is 0 Å². The van der Waals surface area contributed by atoms with E-state index < -0.39 is 0 Å². The van der Waals surface area contributed by atoms with Gasteiger partial charge in [-0.15, -0.1) is 0 Å². The van der Waals surface area contributed by atoms with Crippen LogP contribution in [0.4, 0.5) is 0 Å². The summed E-state index contributed by atoms with van der Waals surface area (Å²) in [4.78, 5) is 0. The standard InChI is InChI=1S/C16H21NO3/c1-3-9-17-11-15-7-8-16(20-15)12-19-14-6-4-5-13(10-14)18-2/h4-8,10,17H,3,9,11-12H2,1-2H3. The molecule has 2 aromatic rings. The molecule has 0 fully saturated rings. The summed E-state index contributed by atoms with van der Waals surface area (Å²) in [6, 6.07) is 11.5. The number of rotatable bonds is 8. The summed E-state index contributed by atoms with van der Waals surface area (Å²) < 4.78 is 16.5. The van der Waals surface area contributed by atoms with Crippen LogP contribution in [0.3, 0.4) is 0 Å². The molecule has 0 saturated carbocycles. The Morgan fingerprint density at radius 3 is 2.70 bits per heavy atom. The first-order valence-corrected chi connectivity index (χ1v) is 6.87. The van der Waals surface area contributed by atoms with Crippen LogP contribution in [0.1, 0.15) is 24.9 Å². The van der Waals surface area contributed by atoms with Gasteiger partial charge in [-0.1, -0.05) is 13.0 Å². The van der Waals surface area contributed by atoms with Crippen LogP contribution in [0.25, 0.3) is 0 Å². The van der Waals surface area contributed by atoms with E-state index in [4.69, 9.17) is 13.9 Å². The Labute approximate surface area is 119 Å². The van der Waals surface area contributed by atoms with Crippen LogP contribution in [-0.4, -0.2) is 13.7 Å². The van der Waals surface area contributed by atoms with Gasteiger partial charge in [0.05, 0.1) is 13.7 Å². The molecule has 20 heavy (non-hydrogen) atoms. The molecule has 0 radical (unpaired) electrons. The SMILES string of the molecule is CCCNCc1ccc(COc2cccc(OC)c2)o1. The van der Waals surface area contributed by atoms with Gasteiger partial charge >= 0.3 is 0 Å². The van der Waals surface area contributed by atoms with E-state index in [1.165, 1.54) is 0 Å². The summed E-state index contributed by atoms with van der Waals surface area (Å²) >= 11 is 0. The maximum Gasteiger partial charge on any atom is 0.146 e. The highest BCUT2D eigenvalue weighted by Crippen LogP contribution is 2.20. The van der Waals surface area contributed by atoms with Gasteiger partial charge in [0.2, 0.25) is 0 Å². The first-order chi connectivity index (χ1) is 9.81. The predicted molar refractivity (Wildman–Crippen MR) is 78.0 cm³/mol. The van der Waals surface area contributed by atoms with E-state index in [0.29, 0.717) is 6.61 Å². The summed E-state index contributed by atoms with van der Waals surface area (Å²) in [5.41, 5.74) is 0. The Hall–Kier alpha value is -1.94. The minimum absolute atomic E-state index is 0.418. The molecule has 0 unspecified atom stereocenters. The summed E-state index contributed by atoms with van der Waals surface area (Å²) in [5.74, 6) is 3.31. The van der Waals surface area contributed by atoms with Crippen LogP contribution in [0, 0.1) is 0 Å². The van der Waals surface area contributed by atoms with Gasteiger partial charge in [-0.3, -0.25) is 0 Å². The van der Waals surface area contributed by atoms with E-state index in [1.807, 2.05) is 36.4 Å². The zero-order valence-corrected chi connectivity index (χ0v) is 12.0. The normalized spacial score (nSPS) is 10.5. The average molecular weight is 275 g/mol. The molecule has 4 nitrogen and oxygen atoms in total. The molecule has 0 bridgehead atoms. The number of hydrogen-bond donors (Lipinski definition) is 1. The van der Waals surface area contributed by atoms with Gasteiger partial charge in [0, 0.05) is 6.07 Å². The number of ether oxygens (including phenoxy) is 2. The maximum absolute atomic E-state index is 5.69. The smallest absolute Gasteiger partial charge is 0.146 e. The largest absolute Gasteiger partial charge is 0.497 e. The van der Waals surface area contributed by atoms with Crippen molar-refractivity contribution in [3.8, 4) is 11.5 Å². The number of nitrogens with one attached hydrogen (secondary N) is 1. The Morgan fingerprint density at radius 2 is 1.90 bits per heavy atom. The van der Waals surface area contributed by atoms with Gasteiger partial charge in [-0.05, 0) is 37.2 Å². The van der Waals surface area contributed by atoms with Gasteiger partial charge in [0.15, 0.2) is 0 Å². The lowest BCUT2D eigenvalue weighted by Gasteiger charge is -2.06. The van der Waals surface area contributed by atoms with Crippen molar-refractivity contribution in [3.63, 3.8) is 0 Å². The zero-order valence-electron chi connectivity index (χ0n) is 12.0. The van der Waals surface area contributed by atoms with Crippen LogP contribution in [0.5, 0.6) is 11.5 Å². The highest BCUT2D eigenvalue weighted by atomic mass is 16.5. The van der Waals surface area contributed by atoms with Crippen molar-refractivity contribution in [2.24, 2.45) is 0 Å². The van der Waals surface area contributed by atoms with Crippen molar-refractivity contribution < 1.29 is 13.9 Å². The second kappa shape index (κ2) is 7.60. The molecule has 4 heteroatoms. The molecule has 1 aromatic carbocycles. The zero-order chi connectivity index (χ0) is 14.2. The number of furan rings is 1. The molecule has 1 heterocycles. The molecule has 0 atom stereocenters. The molecule has 0 aliphatic rings. The predicted octanol–water partition coefficient (Wildman–Crippen LogP) is 3.37. The lowest BCUT2D eigenvalue weighted by atomic mass is 10.3. The van der Waals surface area contributed by atoms with E-state index >= 15 is 0 Å². The lowest BCUT2D eigenvalue weighted by Crippen LogP contribution is -2.13. The fraction of sp³-hybridized carbons (Fsp3) is 0.375. The Morgan fingerprint density at radius 1 is 1.10 bits per heavy atom. The van der Waals surface area contributed by atoms with E-state index in [-0.39, 0.29) is 0 Å². The fourth-order valence-corrected chi connectivity index (χ4v) is 1.83. The molecule has 0 amide bonds. The second-order valence-electron chi connectivity index (χ2n) is 4.51. The van der Waals surface area contributed by atoms with Crippen LogP contribution < -0.4 is 14.8 Å². The van der Waals surface area contributed by atoms with Crippen molar-refractivity contribution in [2.75, 3.05) is 13.7 Å². The molecule has 2 rings (SSSR count). The number of methoxy groups -OCH3 is 1. The molecule has 1 N–H and O–H groups in total. The minimum Gasteiger partial charge on any atom is -0.497 e. The molecular weight excluding hydrogens is 254 g/mol. The molecule has 0 spiro atoms. The monoisotopic (exact) mass is 275 g/mol. The first-order valence-electron chi connectivity index (χ1n) is 6.87. The third-order valence-corrected chi connectivity index (χ3v) is 2.87. The van der Waals surface area contributed by atoms with Crippen molar-refractivity contribution in [2.45, 2.75) is 26.5 Å². The molecule has 1 aromatic heterocycles. The molecular formula is C16H21NO3. The Bertz CT molecular complexity index is 522. The van der Waals surface area contributed by atoms with Crippen molar-refractivity contribution in [1.82, 2.24) is 5.32 Å². The third-order valence-electron chi connectivity index (χ3n) is 2.87. The van der Waals surface area contributed by atoms with E-state index in [2.05, 4.69) is 12.2 Å². The minimum atomic E-state index is 0.418. The fourth-order valence-electron chi connectivity index (χ4n) is 1.83. The topological polar surface area (TPSA) is 43.6 Å².